The maximum Gasteiger partial charge on any atom is 0.191 e. The summed E-state index contributed by atoms with van der Waals surface area (Å²) in [5.41, 5.74) is 2.24. The third-order valence-electron chi connectivity index (χ3n) is 5.49. The zero-order valence-electron chi connectivity index (χ0n) is 18.5. The number of benzene rings is 1. The van der Waals surface area contributed by atoms with Gasteiger partial charge in [-0.2, -0.15) is 5.10 Å². The van der Waals surface area contributed by atoms with E-state index in [1.54, 1.807) is 21.3 Å². The van der Waals surface area contributed by atoms with E-state index in [1.165, 1.54) is 5.56 Å². The molecule has 0 radical (unpaired) electrons. The van der Waals surface area contributed by atoms with Gasteiger partial charge < -0.3 is 24.8 Å². The Hall–Kier alpha value is -2.08. The number of aromatic nitrogens is 3. The van der Waals surface area contributed by atoms with Crippen LogP contribution in [0.3, 0.4) is 0 Å². The van der Waals surface area contributed by atoms with Gasteiger partial charge >= 0.3 is 0 Å². The average Bonchev–Trinajstić information content (AvgIpc) is 3.31. The lowest BCUT2D eigenvalue weighted by atomic mass is 10.1. The highest BCUT2D eigenvalue weighted by atomic mass is 127. The second kappa shape index (κ2) is 10.5. The molecule has 2 aromatic rings. The largest absolute Gasteiger partial charge is 0.496 e. The Morgan fingerprint density at radius 2 is 2.19 bits per heavy atom. The van der Waals surface area contributed by atoms with Crippen LogP contribution in [0.2, 0.25) is 0 Å². The van der Waals surface area contributed by atoms with E-state index >= 15 is 0 Å². The molecule has 0 amide bonds. The van der Waals surface area contributed by atoms with E-state index in [1.807, 2.05) is 4.68 Å². The van der Waals surface area contributed by atoms with Crippen LogP contribution in [-0.2, 0) is 37.3 Å². The molecule has 1 aromatic heterocycles. The number of nitrogens with zero attached hydrogens (tertiary/aromatic N) is 4. The summed E-state index contributed by atoms with van der Waals surface area (Å²) in [6, 6.07) is 4.38. The highest BCUT2D eigenvalue weighted by molar-refractivity contribution is 14.0. The molecule has 1 aromatic carbocycles. The molecule has 2 aliphatic rings. The van der Waals surface area contributed by atoms with E-state index < -0.39 is 0 Å². The molecule has 2 atom stereocenters. The molecular formula is C21H31IN6O3. The molecule has 0 aliphatic carbocycles. The molecule has 0 fully saturated rings. The molecule has 0 spiro atoms. The zero-order valence-corrected chi connectivity index (χ0v) is 20.8. The minimum atomic E-state index is 0. The molecule has 170 valence electrons. The van der Waals surface area contributed by atoms with Crippen LogP contribution >= 0.6 is 24.0 Å². The van der Waals surface area contributed by atoms with Gasteiger partial charge in [-0.15, -0.1) is 24.0 Å². The summed E-state index contributed by atoms with van der Waals surface area (Å²) in [7, 11) is 5.14. The summed E-state index contributed by atoms with van der Waals surface area (Å²) in [5, 5.41) is 11.4. The van der Waals surface area contributed by atoms with Crippen molar-refractivity contribution >= 4 is 29.9 Å². The summed E-state index contributed by atoms with van der Waals surface area (Å²) in [6.07, 6.45) is 2.97. The third-order valence-corrected chi connectivity index (χ3v) is 5.49. The van der Waals surface area contributed by atoms with E-state index in [0.29, 0.717) is 13.2 Å². The van der Waals surface area contributed by atoms with Crippen molar-refractivity contribution in [1.82, 2.24) is 25.4 Å². The van der Waals surface area contributed by atoms with Gasteiger partial charge in [0.1, 0.15) is 30.0 Å². The first-order valence-corrected chi connectivity index (χ1v) is 10.3. The van der Waals surface area contributed by atoms with E-state index in [0.717, 1.165) is 60.5 Å². The van der Waals surface area contributed by atoms with Crippen molar-refractivity contribution in [3.63, 3.8) is 0 Å². The molecule has 0 bridgehead atoms. The molecule has 9 nitrogen and oxygen atoms in total. The Balaban J connectivity index is 0.00000272. The first kappa shape index (κ1) is 23.6. The fraction of sp³-hybridized carbons (Fsp3) is 0.571. The number of halogens is 1. The highest BCUT2D eigenvalue weighted by Gasteiger charge is 2.24. The minimum absolute atomic E-state index is 0. The molecular weight excluding hydrogens is 511 g/mol. The van der Waals surface area contributed by atoms with Crippen LogP contribution in [0.15, 0.2) is 17.1 Å². The maximum absolute atomic E-state index is 5.90. The molecule has 10 heteroatoms. The monoisotopic (exact) mass is 542 g/mol. The number of ether oxygens (including phenoxy) is 3. The minimum Gasteiger partial charge on any atom is -0.496 e. The standard InChI is InChI=1S/C21H30N6O3.HI/c1-13-7-14-8-17(29-4)15(9-18(14)30-13)10-23-21(22-2)24-16-5-6-20-25-19(12-28-3)26-27(20)11-16;/h8-9,13,16H,5-7,10-12H2,1-4H3,(H2,22,23,24);1H. The lowest BCUT2D eigenvalue weighted by Crippen LogP contribution is -2.46. The lowest BCUT2D eigenvalue weighted by Gasteiger charge is -2.25. The number of hydrogen-bond donors (Lipinski definition) is 2. The smallest absolute Gasteiger partial charge is 0.191 e. The summed E-state index contributed by atoms with van der Waals surface area (Å²) < 4.78 is 18.6. The summed E-state index contributed by atoms with van der Waals surface area (Å²) >= 11 is 0. The van der Waals surface area contributed by atoms with Crippen LogP contribution < -0.4 is 20.1 Å². The number of fused-ring (bicyclic) bond motifs is 2. The summed E-state index contributed by atoms with van der Waals surface area (Å²) in [5.74, 6) is 4.31. The van der Waals surface area contributed by atoms with E-state index in [9.17, 15) is 0 Å². The van der Waals surface area contributed by atoms with Crippen LogP contribution in [0.5, 0.6) is 11.5 Å². The second-order valence-electron chi connectivity index (χ2n) is 7.77. The van der Waals surface area contributed by atoms with E-state index in [2.05, 4.69) is 44.8 Å². The van der Waals surface area contributed by atoms with Crippen molar-refractivity contribution < 1.29 is 14.2 Å². The van der Waals surface area contributed by atoms with Crippen LogP contribution in [0.1, 0.15) is 36.1 Å². The first-order valence-electron chi connectivity index (χ1n) is 10.3. The first-order chi connectivity index (χ1) is 14.6. The van der Waals surface area contributed by atoms with Gasteiger partial charge in [-0.05, 0) is 25.5 Å². The predicted octanol–water partition coefficient (Wildman–Crippen LogP) is 2.05. The van der Waals surface area contributed by atoms with Crippen LogP contribution in [0.25, 0.3) is 0 Å². The Bertz CT molecular complexity index is 932. The fourth-order valence-electron chi connectivity index (χ4n) is 4.05. The average molecular weight is 542 g/mol. The van der Waals surface area contributed by atoms with Gasteiger partial charge in [-0.25, -0.2) is 9.67 Å². The van der Waals surface area contributed by atoms with Crippen molar-refractivity contribution in [2.45, 2.75) is 58.0 Å². The van der Waals surface area contributed by atoms with E-state index in [-0.39, 0.29) is 36.1 Å². The number of aliphatic imine (C=N–C) groups is 1. The summed E-state index contributed by atoms with van der Waals surface area (Å²) in [4.78, 5) is 8.92. The second-order valence-corrected chi connectivity index (χ2v) is 7.77. The number of guanidine groups is 1. The van der Waals surface area contributed by atoms with Gasteiger partial charge in [0, 0.05) is 50.7 Å². The van der Waals surface area contributed by atoms with Crippen LogP contribution in [-0.4, -0.2) is 54.1 Å². The van der Waals surface area contributed by atoms with Gasteiger partial charge in [0.05, 0.1) is 13.7 Å². The highest BCUT2D eigenvalue weighted by Crippen LogP contribution is 2.34. The van der Waals surface area contributed by atoms with Gasteiger partial charge in [-0.1, -0.05) is 0 Å². The SMILES string of the molecule is CN=C(NCc1cc2c(cc1OC)CC(C)O2)NC1CCc2nc(COC)nn2C1.I. The van der Waals surface area contributed by atoms with Gasteiger partial charge in [0.15, 0.2) is 11.8 Å². The van der Waals surface area contributed by atoms with Crippen molar-refractivity contribution in [3.8, 4) is 11.5 Å². The lowest BCUT2D eigenvalue weighted by molar-refractivity contribution is 0.177. The Kier molecular flexibility index (Phi) is 7.98. The Labute approximate surface area is 200 Å². The number of methoxy groups -OCH3 is 2. The van der Waals surface area contributed by atoms with Crippen molar-refractivity contribution in [3.05, 3.63) is 34.9 Å². The van der Waals surface area contributed by atoms with Crippen LogP contribution in [0.4, 0.5) is 0 Å². The number of hydrogen-bond acceptors (Lipinski definition) is 6. The van der Waals surface area contributed by atoms with Crippen LogP contribution in [0, 0.1) is 0 Å². The Morgan fingerprint density at radius 1 is 1.35 bits per heavy atom. The maximum atomic E-state index is 5.90. The van der Waals surface area contributed by atoms with Gasteiger partial charge in [-0.3, -0.25) is 4.99 Å². The van der Waals surface area contributed by atoms with E-state index in [4.69, 9.17) is 14.2 Å². The molecule has 31 heavy (non-hydrogen) atoms. The predicted molar refractivity (Wildman–Crippen MR) is 128 cm³/mol. The molecule has 4 rings (SSSR count). The zero-order chi connectivity index (χ0) is 21.1. The van der Waals surface area contributed by atoms with Crippen molar-refractivity contribution in [2.24, 2.45) is 4.99 Å². The quantitative estimate of drug-likeness (QED) is 0.328. The van der Waals surface area contributed by atoms with Crippen molar-refractivity contribution in [2.75, 3.05) is 21.3 Å². The molecule has 0 saturated heterocycles. The van der Waals surface area contributed by atoms with Gasteiger partial charge in [0.2, 0.25) is 0 Å². The van der Waals surface area contributed by atoms with Crippen molar-refractivity contribution in [1.29, 1.82) is 0 Å². The topological polar surface area (TPSA) is 94.8 Å². The summed E-state index contributed by atoms with van der Waals surface area (Å²) in [6.45, 7) is 3.86. The molecule has 2 N–H and O–H groups in total. The molecule has 2 aliphatic heterocycles. The normalized spacial score (nSPS) is 19.7. The fourth-order valence-corrected chi connectivity index (χ4v) is 4.05. The van der Waals surface area contributed by atoms with Gasteiger partial charge in [0.25, 0.3) is 0 Å². The third kappa shape index (κ3) is 5.40. The number of nitrogens with one attached hydrogen (secondary N) is 2. The number of rotatable bonds is 6. The molecule has 2 unspecified atom stereocenters. The molecule has 0 saturated carbocycles. The Morgan fingerprint density at radius 3 is 2.94 bits per heavy atom. The number of aryl methyl sites for hydroxylation is 1. The molecule has 3 heterocycles.